The maximum Gasteiger partial charge on any atom is 0.278 e. The Kier molecular flexibility index (Phi) is 2.73. The van der Waals surface area contributed by atoms with E-state index in [-0.39, 0.29) is 6.42 Å². The van der Waals surface area contributed by atoms with Crippen molar-refractivity contribution in [3.8, 4) is 0 Å². The van der Waals surface area contributed by atoms with Crippen LogP contribution in [0.4, 0.5) is 0 Å². The highest BCUT2D eigenvalue weighted by Gasteiger charge is 2.37. The van der Waals surface area contributed by atoms with Crippen molar-refractivity contribution < 1.29 is 13.0 Å². The molecule has 0 amide bonds. The van der Waals surface area contributed by atoms with E-state index in [4.69, 9.17) is 4.55 Å². The Morgan fingerprint density at radius 1 is 1.46 bits per heavy atom. The molecule has 3 nitrogen and oxygen atoms in total. The van der Waals surface area contributed by atoms with Crippen molar-refractivity contribution in [3.63, 3.8) is 0 Å². The Bertz CT molecular complexity index is 362. The van der Waals surface area contributed by atoms with E-state index in [0.29, 0.717) is 0 Å². The van der Waals surface area contributed by atoms with Gasteiger partial charge in [0.15, 0.2) is 0 Å². The largest absolute Gasteiger partial charge is 0.285 e. The Morgan fingerprint density at radius 3 is 2.54 bits per heavy atom. The first kappa shape index (κ1) is 10.2. The minimum absolute atomic E-state index is 0.284. The first-order valence-electron chi connectivity index (χ1n) is 3.97. The van der Waals surface area contributed by atoms with Gasteiger partial charge in [-0.05, 0) is 13.3 Å². The highest BCUT2D eigenvalue weighted by molar-refractivity contribution is 7.87. The zero-order valence-corrected chi connectivity index (χ0v) is 8.16. The third-order valence-corrected chi connectivity index (χ3v) is 3.39. The molecule has 1 aliphatic rings. The van der Waals surface area contributed by atoms with Gasteiger partial charge in [-0.3, -0.25) is 4.55 Å². The second kappa shape index (κ2) is 3.47. The van der Waals surface area contributed by atoms with Crippen molar-refractivity contribution in [1.82, 2.24) is 0 Å². The molecular formula is C9H12O3S. The third kappa shape index (κ3) is 1.89. The topological polar surface area (TPSA) is 54.4 Å². The molecule has 0 aromatic carbocycles. The third-order valence-electron chi connectivity index (χ3n) is 1.99. The molecule has 0 spiro atoms. The molecule has 0 aromatic heterocycles. The molecule has 0 saturated heterocycles. The van der Waals surface area contributed by atoms with Crippen molar-refractivity contribution in [3.05, 3.63) is 36.5 Å². The summed E-state index contributed by atoms with van der Waals surface area (Å²) in [6.07, 6.45) is 9.98. The SMILES string of the molecule is CC=CC1(S(=O)(=O)O)C=CC=CC1. The van der Waals surface area contributed by atoms with Gasteiger partial charge in [0.1, 0.15) is 4.75 Å². The summed E-state index contributed by atoms with van der Waals surface area (Å²) >= 11 is 0. The van der Waals surface area contributed by atoms with Gasteiger partial charge in [0.2, 0.25) is 0 Å². The van der Waals surface area contributed by atoms with Gasteiger partial charge in [-0.25, -0.2) is 0 Å². The van der Waals surface area contributed by atoms with Crippen LogP contribution in [-0.4, -0.2) is 17.7 Å². The average Bonchev–Trinajstić information content (AvgIpc) is 2.04. The molecule has 4 heteroatoms. The smallest absolute Gasteiger partial charge is 0.278 e. The van der Waals surface area contributed by atoms with Gasteiger partial charge in [-0.1, -0.05) is 36.5 Å². The van der Waals surface area contributed by atoms with Gasteiger partial charge in [0.05, 0.1) is 0 Å². The van der Waals surface area contributed by atoms with Crippen LogP contribution < -0.4 is 0 Å². The van der Waals surface area contributed by atoms with E-state index >= 15 is 0 Å². The lowest BCUT2D eigenvalue weighted by atomic mass is 9.99. The average molecular weight is 200 g/mol. The van der Waals surface area contributed by atoms with E-state index in [1.807, 2.05) is 0 Å². The molecule has 0 heterocycles. The van der Waals surface area contributed by atoms with Gasteiger partial charge in [-0.15, -0.1) is 0 Å². The second-order valence-corrected chi connectivity index (χ2v) is 4.63. The molecule has 0 aliphatic heterocycles. The Hall–Kier alpha value is -0.870. The van der Waals surface area contributed by atoms with Crippen molar-refractivity contribution in [1.29, 1.82) is 0 Å². The number of allylic oxidation sites excluding steroid dienone is 4. The van der Waals surface area contributed by atoms with Gasteiger partial charge < -0.3 is 0 Å². The molecule has 1 rings (SSSR count). The van der Waals surface area contributed by atoms with Crippen molar-refractivity contribution in [2.45, 2.75) is 18.1 Å². The van der Waals surface area contributed by atoms with Crippen LogP contribution in [0.2, 0.25) is 0 Å². The monoisotopic (exact) mass is 200 g/mol. The number of rotatable bonds is 2. The summed E-state index contributed by atoms with van der Waals surface area (Å²) in [6.45, 7) is 1.72. The Balaban J connectivity index is 3.18. The predicted octanol–water partition coefficient (Wildman–Crippen LogP) is 1.71. The van der Waals surface area contributed by atoms with E-state index in [1.54, 1.807) is 31.2 Å². The maximum atomic E-state index is 11.1. The molecule has 0 radical (unpaired) electrons. The summed E-state index contributed by atoms with van der Waals surface area (Å²) in [5.74, 6) is 0. The molecule has 0 saturated carbocycles. The van der Waals surface area contributed by atoms with Crippen LogP contribution in [0.5, 0.6) is 0 Å². The summed E-state index contributed by atoms with van der Waals surface area (Å²) in [5, 5.41) is 0. The lowest BCUT2D eigenvalue weighted by molar-refractivity contribution is 0.461. The van der Waals surface area contributed by atoms with Crippen LogP contribution in [0.1, 0.15) is 13.3 Å². The summed E-state index contributed by atoms with van der Waals surface area (Å²) in [6, 6.07) is 0. The van der Waals surface area contributed by atoms with E-state index in [2.05, 4.69) is 0 Å². The minimum Gasteiger partial charge on any atom is -0.285 e. The number of hydrogen-bond acceptors (Lipinski definition) is 2. The maximum absolute atomic E-state index is 11.1. The van der Waals surface area contributed by atoms with Gasteiger partial charge in [0.25, 0.3) is 10.1 Å². The fourth-order valence-corrected chi connectivity index (χ4v) is 2.17. The summed E-state index contributed by atoms with van der Waals surface area (Å²) in [4.78, 5) is 0. The van der Waals surface area contributed by atoms with Crippen LogP contribution in [0.25, 0.3) is 0 Å². The summed E-state index contributed by atoms with van der Waals surface area (Å²) in [7, 11) is -4.07. The molecule has 1 atom stereocenters. The molecule has 0 aromatic rings. The van der Waals surface area contributed by atoms with Gasteiger partial charge in [0, 0.05) is 0 Å². The summed E-state index contributed by atoms with van der Waals surface area (Å²) < 4.78 is 30.0. The normalized spacial score (nSPS) is 28.5. The summed E-state index contributed by atoms with van der Waals surface area (Å²) in [5.41, 5.74) is 0. The standard InChI is InChI=1S/C9H12O3S/c1-2-6-9(13(10,11)12)7-4-3-5-8-9/h2-7H,8H2,1H3,(H,10,11,12). The van der Waals surface area contributed by atoms with Crippen LogP contribution in [0, 0.1) is 0 Å². The first-order chi connectivity index (χ1) is 6.02. The highest BCUT2D eigenvalue weighted by Crippen LogP contribution is 2.27. The Labute approximate surface area is 78.2 Å². The van der Waals surface area contributed by atoms with Crippen LogP contribution in [0.15, 0.2) is 36.5 Å². The Morgan fingerprint density at radius 2 is 2.15 bits per heavy atom. The molecule has 1 aliphatic carbocycles. The van der Waals surface area contributed by atoms with Crippen LogP contribution >= 0.6 is 0 Å². The lowest BCUT2D eigenvalue weighted by Gasteiger charge is -2.23. The molecule has 0 fully saturated rings. The molecule has 13 heavy (non-hydrogen) atoms. The van der Waals surface area contributed by atoms with Gasteiger partial charge in [-0.2, -0.15) is 8.42 Å². The van der Waals surface area contributed by atoms with E-state index < -0.39 is 14.9 Å². The molecule has 72 valence electrons. The molecular weight excluding hydrogens is 188 g/mol. The van der Waals surface area contributed by atoms with E-state index in [9.17, 15) is 8.42 Å². The zero-order valence-electron chi connectivity index (χ0n) is 7.34. The molecule has 1 N–H and O–H groups in total. The quantitative estimate of drug-likeness (QED) is 0.545. The van der Waals surface area contributed by atoms with Crippen LogP contribution in [-0.2, 0) is 10.1 Å². The van der Waals surface area contributed by atoms with Crippen molar-refractivity contribution in [2.75, 3.05) is 0 Å². The number of hydrogen-bond donors (Lipinski definition) is 1. The van der Waals surface area contributed by atoms with Gasteiger partial charge >= 0.3 is 0 Å². The van der Waals surface area contributed by atoms with E-state index in [0.717, 1.165) is 0 Å². The first-order valence-corrected chi connectivity index (χ1v) is 5.41. The molecule has 0 bridgehead atoms. The fourth-order valence-electron chi connectivity index (χ4n) is 1.30. The lowest BCUT2D eigenvalue weighted by Crippen LogP contribution is -2.34. The fraction of sp³-hybridized carbons (Fsp3) is 0.333. The highest BCUT2D eigenvalue weighted by atomic mass is 32.2. The van der Waals surface area contributed by atoms with Crippen molar-refractivity contribution >= 4 is 10.1 Å². The minimum atomic E-state index is -4.07. The van der Waals surface area contributed by atoms with E-state index in [1.165, 1.54) is 12.2 Å². The second-order valence-electron chi connectivity index (χ2n) is 2.92. The zero-order chi connectivity index (χ0) is 9.95. The van der Waals surface area contributed by atoms with Crippen molar-refractivity contribution in [2.24, 2.45) is 0 Å². The van der Waals surface area contributed by atoms with Crippen LogP contribution in [0.3, 0.4) is 0 Å². The molecule has 1 unspecified atom stereocenters. The predicted molar refractivity (Wildman–Crippen MR) is 52.0 cm³/mol.